The molecule has 3 N–H and O–H groups in total. The molecule has 1 unspecified atom stereocenters. The van der Waals surface area contributed by atoms with Gasteiger partial charge in [-0.3, -0.25) is 0 Å². The van der Waals surface area contributed by atoms with Crippen LogP contribution in [0.5, 0.6) is 0 Å². The third-order valence-corrected chi connectivity index (χ3v) is 7.33. The van der Waals surface area contributed by atoms with Crippen LogP contribution in [-0.2, 0) is 16.3 Å². The molecule has 0 radical (unpaired) electrons. The molecule has 186 valence electrons. The van der Waals surface area contributed by atoms with Crippen molar-refractivity contribution in [1.82, 2.24) is 30.2 Å². The van der Waals surface area contributed by atoms with E-state index >= 15 is 0 Å². The molecule has 1 aliphatic rings. The molecule has 1 aliphatic carbocycles. The summed E-state index contributed by atoms with van der Waals surface area (Å²) in [4.78, 5) is 11.3. The maximum Gasteiger partial charge on any atom is 0.229 e. The lowest BCUT2D eigenvalue weighted by molar-refractivity contribution is 0.462. The van der Waals surface area contributed by atoms with Crippen molar-refractivity contribution in [1.29, 1.82) is 4.78 Å². The fourth-order valence-corrected chi connectivity index (χ4v) is 4.90. The van der Waals surface area contributed by atoms with Gasteiger partial charge >= 0.3 is 0 Å². The van der Waals surface area contributed by atoms with E-state index in [4.69, 9.17) is 9.76 Å². The highest BCUT2D eigenvalue weighted by molar-refractivity contribution is 7.91. The highest BCUT2D eigenvalue weighted by atomic mass is 32.2. The van der Waals surface area contributed by atoms with Crippen LogP contribution in [0.3, 0.4) is 0 Å². The van der Waals surface area contributed by atoms with Crippen molar-refractivity contribution >= 4 is 27.2 Å². The van der Waals surface area contributed by atoms with Crippen molar-refractivity contribution in [3.8, 4) is 11.4 Å². The monoisotopic (exact) mass is 503 g/mol. The van der Waals surface area contributed by atoms with Gasteiger partial charge in [-0.15, -0.1) is 10.2 Å². The van der Waals surface area contributed by atoms with Gasteiger partial charge in [0.1, 0.15) is 5.82 Å². The van der Waals surface area contributed by atoms with Gasteiger partial charge in [-0.1, -0.05) is 49.6 Å². The van der Waals surface area contributed by atoms with Gasteiger partial charge in [0.25, 0.3) is 0 Å². The molecular weight excluding hydrogens is 474 g/mol. The van der Waals surface area contributed by atoms with Gasteiger partial charge in [0, 0.05) is 29.1 Å². The molecule has 2 heterocycles. The smallest absolute Gasteiger partial charge is 0.229 e. The summed E-state index contributed by atoms with van der Waals surface area (Å²) in [6.45, 7) is 0.526. The third kappa shape index (κ3) is 5.85. The first-order valence-corrected chi connectivity index (χ1v) is 14.0. The van der Waals surface area contributed by atoms with Crippen molar-refractivity contribution in [2.75, 3.05) is 16.9 Å². The summed E-state index contributed by atoms with van der Waals surface area (Å²) >= 11 is 0. The fourth-order valence-electron chi connectivity index (χ4n) is 4.25. The number of hydrogen-bond donors (Lipinski definition) is 3. The Morgan fingerprint density at radius 3 is 2.53 bits per heavy atom. The first-order chi connectivity index (χ1) is 17.4. The Kier molecular flexibility index (Phi) is 6.90. The number of anilines is 3. The molecule has 5 rings (SSSR count). The van der Waals surface area contributed by atoms with E-state index < -0.39 is 9.73 Å². The molecule has 2 aromatic heterocycles. The van der Waals surface area contributed by atoms with Crippen LogP contribution in [0.1, 0.15) is 37.7 Å². The average Bonchev–Trinajstić information content (AvgIpc) is 3.33. The molecule has 0 amide bonds. The second-order valence-corrected chi connectivity index (χ2v) is 11.2. The summed E-state index contributed by atoms with van der Waals surface area (Å²) in [5.74, 6) is 1.55. The predicted molar refractivity (Wildman–Crippen MR) is 140 cm³/mol. The Morgan fingerprint density at radius 1 is 1.06 bits per heavy atom. The van der Waals surface area contributed by atoms with Gasteiger partial charge in [0.05, 0.1) is 21.8 Å². The molecule has 1 saturated carbocycles. The Morgan fingerprint density at radius 2 is 1.81 bits per heavy atom. The number of hydrogen-bond acceptors (Lipinski definition) is 9. The lowest BCUT2D eigenvalue weighted by Gasteiger charge is -2.24. The van der Waals surface area contributed by atoms with Crippen molar-refractivity contribution in [2.24, 2.45) is 0 Å². The maximum absolute atomic E-state index is 12.0. The number of nitrogens with zero attached hydrogens (tertiary/aromatic N) is 6. The Balaban J connectivity index is 1.41. The summed E-state index contributed by atoms with van der Waals surface area (Å²) in [5, 5.41) is 19.9. The normalized spacial score (nSPS) is 15.8. The minimum atomic E-state index is -2.76. The Labute approximate surface area is 210 Å². The van der Waals surface area contributed by atoms with Gasteiger partial charge in [-0.25, -0.2) is 14.0 Å². The molecule has 0 saturated heterocycles. The van der Waals surface area contributed by atoms with E-state index in [0.717, 1.165) is 24.1 Å². The molecular formula is C25H29N9OS. The van der Waals surface area contributed by atoms with Crippen LogP contribution in [-0.4, -0.2) is 46.7 Å². The van der Waals surface area contributed by atoms with Gasteiger partial charge in [-0.05, 0) is 47.9 Å². The molecule has 4 aromatic rings. The highest BCUT2D eigenvalue weighted by Gasteiger charge is 2.20. The molecule has 2 aromatic carbocycles. The van der Waals surface area contributed by atoms with Crippen LogP contribution in [0.15, 0.2) is 65.7 Å². The Hall–Kier alpha value is -3.86. The van der Waals surface area contributed by atoms with Crippen LogP contribution in [0.25, 0.3) is 11.4 Å². The van der Waals surface area contributed by atoms with E-state index in [1.54, 1.807) is 35.3 Å². The molecule has 11 heteroatoms. The number of benzene rings is 2. The van der Waals surface area contributed by atoms with Gasteiger partial charge in [-0.2, -0.15) is 9.78 Å². The summed E-state index contributed by atoms with van der Waals surface area (Å²) in [6.07, 6.45) is 8.94. The third-order valence-electron chi connectivity index (χ3n) is 6.16. The van der Waals surface area contributed by atoms with Crippen molar-refractivity contribution in [3.05, 3.63) is 66.4 Å². The summed E-state index contributed by atoms with van der Waals surface area (Å²) in [7, 11) is -2.76. The number of aromatic nitrogens is 6. The SMILES string of the molecule is CS(=N)(=O)c1ccc(Nc2ncc(-c3nnn(Cc4ccccc4)n3)c(NC3CCCCC3)n2)cc1. The minimum absolute atomic E-state index is 0.327. The molecule has 0 aliphatic heterocycles. The summed E-state index contributed by atoms with van der Waals surface area (Å²) in [6, 6.07) is 17.2. The van der Waals surface area contributed by atoms with Crippen molar-refractivity contribution < 1.29 is 4.21 Å². The summed E-state index contributed by atoms with van der Waals surface area (Å²) < 4.78 is 19.7. The average molecular weight is 504 g/mol. The second-order valence-electron chi connectivity index (χ2n) is 9.06. The zero-order valence-electron chi connectivity index (χ0n) is 20.1. The van der Waals surface area contributed by atoms with E-state index in [-0.39, 0.29) is 0 Å². The van der Waals surface area contributed by atoms with Crippen LogP contribution >= 0.6 is 0 Å². The maximum atomic E-state index is 12.0. The number of nitrogens with one attached hydrogen (secondary N) is 3. The highest BCUT2D eigenvalue weighted by Crippen LogP contribution is 2.28. The summed E-state index contributed by atoms with van der Waals surface area (Å²) in [5.41, 5.74) is 2.53. The van der Waals surface area contributed by atoms with E-state index in [9.17, 15) is 4.21 Å². The van der Waals surface area contributed by atoms with Gasteiger partial charge in [0.2, 0.25) is 11.8 Å². The van der Waals surface area contributed by atoms with E-state index in [1.807, 2.05) is 30.3 Å². The van der Waals surface area contributed by atoms with Crippen LogP contribution in [0, 0.1) is 4.78 Å². The number of tetrazole rings is 1. The standard InChI is InChI=1S/C25H29N9OS/c1-36(26,35)21-14-12-20(13-15-21)29-25-27-16-22(23(30-25)28-19-10-6-3-7-11-19)24-31-33-34(32-24)17-18-8-4-2-5-9-18/h2,4-5,8-9,12-16,19,26H,3,6-7,10-11,17H2,1H3,(H2,27,28,29,30). The van der Waals surface area contributed by atoms with Crippen LogP contribution < -0.4 is 10.6 Å². The quantitative estimate of drug-likeness (QED) is 0.315. The number of rotatable bonds is 8. The van der Waals surface area contributed by atoms with Gasteiger partial charge in [0.15, 0.2) is 0 Å². The van der Waals surface area contributed by atoms with E-state index in [2.05, 4.69) is 31.0 Å². The van der Waals surface area contributed by atoms with Gasteiger partial charge < -0.3 is 10.6 Å². The van der Waals surface area contributed by atoms with E-state index in [0.29, 0.717) is 40.6 Å². The topological polar surface area (TPSA) is 134 Å². The minimum Gasteiger partial charge on any atom is -0.367 e. The van der Waals surface area contributed by atoms with Crippen molar-refractivity contribution in [2.45, 2.75) is 49.6 Å². The Bertz CT molecular complexity index is 1410. The molecule has 10 nitrogen and oxygen atoms in total. The van der Waals surface area contributed by atoms with Crippen molar-refractivity contribution in [3.63, 3.8) is 0 Å². The van der Waals surface area contributed by atoms with Crippen LogP contribution in [0.4, 0.5) is 17.5 Å². The lowest BCUT2D eigenvalue weighted by Crippen LogP contribution is -2.23. The second kappa shape index (κ2) is 10.4. The molecule has 0 bridgehead atoms. The molecule has 1 atom stereocenters. The predicted octanol–water partition coefficient (Wildman–Crippen LogP) is 4.70. The first kappa shape index (κ1) is 23.9. The lowest BCUT2D eigenvalue weighted by atomic mass is 9.95. The van der Waals surface area contributed by atoms with E-state index in [1.165, 1.54) is 25.5 Å². The zero-order chi connectivity index (χ0) is 25.0. The molecule has 1 fully saturated rings. The first-order valence-electron chi connectivity index (χ1n) is 12.0. The van der Waals surface area contributed by atoms with Crippen LogP contribution in [0.2, 0.25) is 0 Å². The largest absolute Gasteiger partial charge is 0.367 e. The fraction of sp³-hybridized carbons (Fsp3) is 0.320. The zero-order valence-corrected chi connectivity index (χ0v) is 20.9. The molecule has 0 spiro atoms. The molecule has 36 heavy (non-hydrogen) atoms.